The number of aliphatic hydroxyl groups is 1. The molecule has 1 N–H and O–H groups in total. The number of aliphatic hydroxyl groups excluding tert-OH is 1. The van der Waals surface area contributed by atoms with Gasteiger partial charge in [-0.25, -0.2) is 0 Å². The van der Waals surface area contributed by atoms with Crippen molar-refractivity contribution in [1.29, 1.82) is 0 Å². The molecule has 0 spiro atoms. The molecule has 0 aliphatic rings. The summed E-state index contributed by atoms with van der Waals surface area (Å²) in [5, 5.41) is 10.1. The van der Waals surface area contributed by atoms with E-state index in [4.69, 9.17) is 0 Å². The van der Waals surface area contributed by atoms with Crippen molar-refractivity contribution in [2.45, 2.75) is 64.9 Å². The Morgan fingerprint density at radius 1 is 1.11 bits per heavy atom. The van der Waals surface area contributed by atoms with Crippen LogP contribution in [0.1, 0.15) is 69.1 Å². The molecule has 0 amide bonds. The lowest BCUT2D eigenvalue weighted by molar-refractivity contribution is 0.163. The van der Waals surface area contributed by atoms with Gasteiger partial charge in [0.1, 0.15) is 0 Å². The number of halogens is 1. The molecule has 0 aliphatic heterocycles. The second-order valence-corrected chi connectivity index (χ2v) is 5.94. The van der Waals surface area contributed by atoms with Gasteiger partial charge in [0.25, 0.3) is 0 Å². The summed E-state index contributed by atoms with van der Waals surface area (Å²) in [6.45, 7) is 4.30. The van der Waals surface area contributed by atoms with Crippen LogP contribution < -0.4 is 0 Å². The van der Waals surface area contributed by atoms with Gasteiger partial charge >= 0.3 is 0 Å². The van der Waals surface area contributed by atoms with Crippen molar-refractivity contribution in [3.8, 4) is 0 Å². The Hall–Kier alpha value is -0.340. The molecule has 0 saturated heterocycles. The fourth-order valence-electron chi connectivity index (χ4n) is 2.16. The van der Waals surface area contributed by atoms with E-state index < -0.39 is 0 Å². The van der Waals surface area contributed by atoms with Gasteiger partial charge in [-0.2, -0.15) is 0 Å². The summed E-state index contributed by atoms with van der Waals surface area (Å²) in [5.74, 6) is 0. The summed E-state index contributed by atoms with van der Waals surface area (Å²) in [6, 6.07) is 6.11. The maximum absolute atomic E-state index is 10.1. The van der Waals surface area contributed by atoms with Crippen molar-refractivity contribution in [2.24, 2.45) is 0 Å². The van der Waals surface area contributed by atoms with Crippen molar-refractivity contribution in [3.63, 3.8) is 0 Å². The normalized spacial score (nSPS) is 12.7. The average molecular weight is 313 g/mol. The van der Waals surface area contributed by atoms with Crippen LogP contribution in [0.15, 0.2) is 22.7 Å². The van der Waals surface area contributed by atoms with Crippen molar-refractivity contribution in [1.82, 2.24) is 0 Å². The summed E-state index contributed by atoms with van der Waals surface area (Å²) < 4.78 is 1.11. The molecule has 0 bridgehead atoms. The summed E-state index contributed by atoms with van der Waals surface area (Å²) in [6.07, 6.45) is 8.22. The van der Waals surface area contributed by atoms with Gasteiger partial charge in [0.15, 0.2) is 0 Å². The van der Waals surface area contributed by atoms with E-state index in [2.05, 4.69) is 35.8 Å². The number of hydrogen-bond donors (Lipinski definition) is 1. The van der Waals surface area contributed by atoms with Crippen LogP contribution in [0, 0.1) is 6.92 Å². The third-order valence-electron chi connectivity index (χ3n) is 3.40. The standard InChI is InChI=1S/C16H25BrO/c1-3-4-5-6-7-8-9-16(18)14-10-11-15(17)13(2)12-14/h10-12,16,18H,3-9H2,1-2H3. The first-order chi connectivity index (χ1) is 8.65. The molecule has 0 fully saturated rings. The van der Waals surface area contributed by atoms with Gasteiger partial charge in [-0.1, -0.05) is 73.5 Å². The van der Waals surface area contributed by atoms with Crippen molar-refractivity contribution in [3.05, 3.63) is 33.8 Å². The third kappa shape index (κ3) is 5.53. The zero-order chi connectivity index (χ0) is 13.4. The first kappa shape index (κ1) is 15.7. The highest BCUT2D eigenvalue weighted by Gasteiger charge is 2.08. The van der Waals surface area contributed by atoms with Gasteiger partial charge in [-0.15, -0.1) is 0 Å². The largest absolute Gasteiger partial charge is 0.388 e. The Kier molecular flexibility index (Phi) is 7.60. The van der Waals surface area contributed by atoms with E-state index in [0.29, 0.717) is 0 Å². The minimum Gasteiger partial charge on any atom is -0.388 e. The van der Waals surface area contributed by atoms with Crippen molar-refractivity contribution in [2.75, 3.05) is 0 Å². The van der Waals surface area contributed by atoms with E-state index in [-0.39, 0.29) is 6.10 Å². The molecule has 1 unspecified atom stereocenters. The molecule has 18 heavy (non-hydrogen) atoms. The maximum atomic E-state index is 10.1. The second kappa shape index (κ2) is 8.71. The Morgan fingerprint density at radius 3 is 2.44 bits per heavy atom. The molecule has 1 rings (SSSR count). The fourth-order valence-corrected chi connectivity index (χ4v) is 2.41. The van der Waals surface area contributed by atoms with Gasteiger partial charge in [0, 0.05) is 4.47 Å². The lowest BCUT2D eigenvalue weighted by Gasteiger charge is -2.12. The molecular weight excluding hydrogens is 288 g/mol. The van der Waals surface area contributed by atoms with Crippen LogP contribution in [0.5, 0.6) is 0 Å². The number of hydrogen-bond acceptors (Lipinski definition) is 1. The fraction of sp³-hybridized carbons (Fsp3) is 0.625. The summed E-state index contributed by atoms with van der Waals surface area (Å²) >= 11 is 3.48. The molecule has 0 saturated carbocycles. The Morgan fingerprint density at radius 2 is 1.78 bits per heavy atom. The zero-order valence-corrected chi connectivity index (χ0v) is 13.2. The Bertz CT molecular complexity index is 349. The highest BCUT2D eigenvalue weighted by molar-refractivity contribution is 9.10. The van der Waals surface area contributed by atoms with Crippen LogP contribution in [-0.2, 0) is 0 Å². The summed E-state index contributed by atoms with van der Waals surface area (Å²) in [7, 11) is 0. The molecule has 1 nitrogen and oxygen atoms in total. The topological polar surface area (TPSA) is 20.2 Å². The highest BCUT2D eigenvalue weighted by Crippen LogP contribution is 2.24. The molecule has 0 aromatic heterocycles. The van der Waals surface area contributed by atoms with Crippen LogP contribution >= 0.6 is 15.9 Å². The van der Waals surface area contributed by atoms with E-state index in [9.17, 15) is 5.11 Å². The van der Waals surface area contributed by atoms with Gasteiger partial charge in [-0.3, -0.25) is 0 Å². The van der Waals surface area contributed by atoms with E-state index in [1.807, 2.05) is 12.1 Å². The molecule has 1 atom stereocenters. The van der Waals surface area contributed by atoms with Gasteiger partial charge in [0.05, 0.1) is 6.10 Å². The van der Waals surface area contributed by atoms with Gasteiger partial charge < -0.3 is 5.11 Å². The number of unbranched alkanes of at least 4 members (excludes halogenated alkanes) is 5. The third-order valence-corrected chi connectivity index (χ3v) is 4.29. The minimum absolute atomic E-state index is 0.303. The average Bonchev–Trinajstić information content (AvgIpc) is 2.36. The van der Waals surface area contributed by atoms with Gasteiger partial charge in [-0.05, 0) is 30.5 Å². The number of benzene rings is 1. The van der Waals surface area contributed by atoms with Crippen molar-refractivity contribution < 1.29 is 5.11 Å². The van der Waals surface area contributed by atoms with Gasteiger partial charge in [0.2, 0.25) is 0 Å². The van der Waals surface area contributed by atoms with E-state index >= 15 is 0 Å². The SMILES string of the molecule is CCCCCCCCC(O)c1ccc(Br)c(C)c1. The zero-order valence-electron chi connectivity index (χ0n) is 11.6. The van der Waals surface area contributed by atoms with E-state index in [1.165, 1.54) is 37.7 Å². The van der Waals surface area contributed by atoms with Crippen LogP contribution in [0.2, 0.25) is 0 Å². The lowest BCUT2D eigenvalue weighted by atomic mass is 10.0. The lowest BCUT2D eigenvalue weighted by Crippen LogP contribution is -1.98. The van der Waals surface area contributed by atoms with Crippen molar-refractivity contribution >= 4 is 15.9 Å². The molecular formula is C16H25BrO. The quantitative estimate of drug-likeness (QED) is 0.625. The maximum Gasteiger partial charge on any atom is 0.0790 e. The van der Waals surface area contributed by atoms with Crippen LogP contribution in [-0.4, -0.2) is 5.11 Å². The first-order valence-electron chi connectivity index (χ1n) is 7.09. The Balaban J connectivity index is 2.27. The monoisotopic (exact) mass is 312 g/mol. The highest BCUT2D eigenvalue weighted by atomic mass is 79.9. The molecule has 0 radical (unpaired) electrons. The molecule has 2 heteroatoms. The molecule has 1 aromatic carbocycles. The molecule has 1 aromatic rings. The predicted molar refractivity (Wildman–Crippen MR) is 81.8 cm³/mol. The predicted octanol–water partition coefficient (Wildman–Crippen LogP) is 5.54. The number of rotatable bonds is 8. The summed E-state index contributed by atoms with van der Waals surface area (Å²) in [5.41, 5.74) is 2.23. The van der Waals surface area contributed by atoms with E-state index in [1.54, 1.807) is 0 Å². The minimum atomic E-state index is -0.303. The Labute approximate surface area is 120 Å². The van der Waals surface area contributed by atoms with Crippen LogP contribution in [0.3, 0.4) is 0 Å². The number of aryl methyl sites for hydroxylation is 1. The van der Waals surface area contributed by atoms with E-state index in [0.717, 1.165) is 22.9 Å². The first-order valence-corrected chi connectivity index (χ1v) is 7.88. The summed E-state index contributed by atoms with van der Waals surface area (Å²) in [4.78, 5) is 0. The van der Waals surface area contributed by atoms with Crippen LogP contribution in [0.25, 0.3) is 0 Å². The second-order valence-electron chi connectivity index (χ2n) is 5.08. The smallest absolute Gasteiger partial charge is 0.0790 e. The molecule has 102 valence electrons. The van der Waals surface area contributed by atoms with Crippen LogP contribution in [0.4, 0.5) is 0 Å². The molecule has 0 aliphatic carbocycles. The molecule has 0 heterocycles.